The number of hydrogen-bond acceptors (Lipinski definition) is 9. The minimum atomic E-state index is 0.0111. The van der Waals surface area contributed by atoms with Crippen LogP contribution in [0.15, 0.2) is 41.7 Å². The Kier molecular flexibility index (Phi) is 4.95. The van der Waals surface area contributed by atoms with Crippen molar-refractivity contribution in [3.05, 3.63) is 65.0 Å². The second-order valence-electron chi connectivity index (χ2n) is 10.3. The molecular weight excluding hydrogens is 452 g/mol. The zero-order valence-corrected chi connectivity index (χ0v) is 20.5. The molecule has 36 heavy (non-hydrogen) atoms. The highest BCUT2D eigenvalue weighted by molar-refractivity contribution is 6.11. The topological polar surface area (TPSA) is 106 Å². The number of pyridine rings is 2. The zero-order chi connectivity index (χ0) is 24.3. The first-order valence-electron chi connectivity index (χ1n) is 12.8. The van der Waals surface area contributed by atoms with Crippen molar-refractivity contribution in [2.75, 3.05) is 36.5 Å². The fourth-order valence-corrected chi connectivity index (χ4v) is 6.39. The lowest BCUT2D eigenvalue weighted by Gasteiger charge is -2.42. The number of nitrogens with zero attached hydrogens (tertiary/aromatic N) is 7. The molecule has 0 saturated carbocycles. The zero-order valence-electron chi connectivity index (χ0n) is 20.5. The number of methoxy groups -OCH3 is 1. The van der Waals surface area contributed by atoms with Crippen molar-refractivity contribution >= 4 is 17.3 Å². The number of amidine groups is 1. The van der Waals surface area contributed by atoms with E-state index in [9.17, 15) is 0 Å². The number of aliphatic imine (C=N–C) groups is 1. The molecule has 3 aliphatic heterocycles. The van der Waals surface area contributed by atoms with Gasteiger partial charge < -0.3 is 20.3 Å². The molecule has 3 aromatic rings. The van der Waals surface area contributed by atoms with Gasteiger partial charge in [-0.2, -0.15) is 0 Å². The summed E-state index contributed by atoms with van der Waals surface area (Å²) >= 11 is 0. The number of rotatable bonds is 2. The summed E-state index contributed by atoms with van der Waals surface area (Å²) in [5.41, 5.74) is 13.2. The molecule has 9 nitrogen and oxygen atoms in total. The van der Waals surface area contributed by atoms with Crippen molar-refractivity contribution < 1.29 is 4.74 Å². The van der Waals surface area contributed by atoms with Crippen molar-refractivity contribution in [3.8, 4) is 5.88 Å². The van der Waals surface area contributed by atoms with Crippen molar-refractivity contribution in [1.29, 1.82) is 0 Å². The van der Waals surface area contributed by atoms with Crippen LogP contribution in [0.3, 0.4) is 0 Å². The average Bonchev–Trinajstić information content (AvgIpc) is 3.46. The second-order valence-corrected chi connectivity index (χ2v) is 10.3. The number of hydrogen-bond donors (Lipinski definition) is 1. The molecule has 184 valence electrons. The maximum atomic E-state index is 6.77. The monoisotopic (exact) mass is 482 g/mol. The Labute approximate surface area is 210 Å². The van der Waals surface area contributed by atoms with Gasteiger partial charge >= 0.3 is 0 Å². The average molecular weight is 483 g/mol. The number of anilines is 2. The van der Waals surface area contributed by atoms with Gasteiger partial charge in [-0.05, 0) is 55.2 Å². The highest BCUT2D eigenvalue weighted by Crippen LogP contribution is 2.50. The van der Waals surface area contributed by atoms with Crippen molar-refractivity contribution in [2.45, 2.75) is 44.7 Å². The van der Waals surface area contributed by atoms with E-state index in [4.69, 9.17) is 25.4 Å². The molecule has 9 heteroatoms. The Hall–Kier alpha value is -3.59. The lowest BCUT2D eigenvalue weighted by atomic mass is 9.73. The Balaban J connectivity index is 1.08. The summed E-state index contributed by atoms with van der Waals surface area (Å²) in [6.45, 7) is 3.32. The van der Waals surface area contributed by atoms with Gasteiger partial charge in [-0.3, -0.25) is 9.98 Å². The summed E-state index contributed by atoms with van der Waals surface area (Å²) in [5.74, 6) is 2.52. The molecule has 3 aromatic heterocycles. The molecule has 7 rings (SSSR count). The van der Waals surface area contributed by atoms with E-state index in [0.717, 1.165) is 91.9 Å². The predicted octanol–water partition coefficient (Wildman–Crippen LogP) is 2.83. The molecule has 0 radical (unpaired) electrons. The maximum absolute atomic E-state index is 6.77. The van der Waals surface area contributed by atoms with Gasteiger partial charge in [0.25, 0.3) is 0 Å². The molecule has 0 unspecified atom stereocenters. The molecule has 0 aromatic carbocycles. The molecule has 6 heterocycles. The van der Waals surface area contributed by atoms with E-state index in [1.54, 1.807) is 7.11 Å². The predicted molar refractivity (Wildman–Crippen MR) is 137 cm³/mol. The van der Waals surface area contributed by atoms with Crippen LogP contribution in [0.2, 0.25) is 0 Å². The van der Waals surface area contributed by atoms with Gasteiger partial charge in [0.05, 0.1) is 36.9 Å². The Morgan fingerprint density at radius 2 is 1.92 bits per heavy atom. The van der Waals surface area contributed by atoms with Crippen LogP contribution in [0.25, 0.3) is 0 Å². The largest absolute Gasteiger partial charge is 0.481 e. The first-order valence-corrected chi connectivity index (χ1v) is 12.8. The van der Waals surface area contributed by atoms with Crippen molar-refractivity contribution in [1.82, 2.24) is 19.9 Å². The summed E-state index contributed by atoms with van der Waals surface area (Å²) in [4.78, 5) is 28.6. The number of nitrogens with two attached hydrogens (primary N) is 1. The Morgan fingerprint density at radius 3 is 2.78 bits per heavy atom. The maximum Gasteiger partial charge on any atom is 0.213 e. The van der Waals surface area contributed by atoms with Gasteiger partial charge in [-0.1, -0.05) is 6.07 Å². The van der Waals surface area contributed by atoms with Crippen molar-refractivity contribution in [2.24, 2.45) is 16.1 Å². The molecule has 1 atom stereocenters. The third-order valence-electron chi connectivity index (χ3n) is 8.42. The van der Waals surface area contributed by atoms with Gasteiger partial charge in [0.2, 0.25) is 5.88 Å². The smallest absolute Gasteiger partial charge is 0.213 e. The van der Waals surface area contributed by atoms with E-state index in [1.807, 2.05) is 24.5 Å². The SMILES string of the molecule is COc1ccc2c(n1)CC1(CCN(c3cnc4c(n3)CN=C4N3CCCc4ncccc43)CC1)[C@@H]2N. The Bertz CT molecular complexity index is 1360. The molecule has 1 saturated heterocycles. The molecular formula is C27H30N8O. The number of aromatic nitrogens is 4. The summed E-state index contributed by atoms with van der Waals surface area (Å²) in [5, 5.41) is 0. The van der Waals surface area contributed by atoms with E-state index in [1.165, 1.54) is 5.56 Å². The van der Waals surface area contributed by atoms with Gasteiger partial charge in [0, 0.05) is 43.6 Å². The van der Waals surface area contributed by atoms with Crippen LogP contribution < -0.4 is 20.3 Å². The number of aryl methyl sites for hydroxylation is 1. The fourth-order valence-electron chi connectivity index (χ4n) is 6.39. The van der Waals surface area contributed by atoms with Gasteiger partial charge in [0.1, 0.15) is 11.5 Å². The quantitative estimate of drug-likeness (QED) is 0.594. The lowest BCUT2D eigenvalue weighted by Crippen LogP contribution is -2.44. The minimum Gasteiger partial charge on any atom is -0.481 e. The van der Waals surface area contributed by atoms with E-state index < -0.39 is 0 Å². The molecule has 1 spiro atoms. The van der Waals surface area contributed by atoms with E-state index in [0.29, 0.717) is 12.4 Å². The first kappa shape index (κ1) is 21.7. The molecule has 4 aliphatic rings. The summed E-state index contributed by atoms with van der Waals surface area (Å²) < 4.78 is 5.33. The van der Waals surface area contributed by atoms with Gasteiger partial charge in [-0.25, -0.2) is 15.0 Å². The molecule has 1 aliphatic carbocycles. The van der Waals surface area contributed by atoms with Crippen molar-refractivity contribution in [3.63, 3.8) is 0 Å². The van der Waals surface area contributed by atoms with Crippen LogP contribution in [0.5, 0.6) is 5.88 Å². The minimum absolute atomic E-state index is 0.0111. The highest BCUT2D eigenvalue weighted by Gasteiger charge is 2.47. The van der Waals surface area contributed by atoms with E-state index in [2.05, 4.69) is 31.9 Å². The summed E-state index contributed by atoms with van der Waals surface area (Å²) in [7, 11) is 1.66. The van der Waals surface area contributed by atoms with Crippen LogP contribution >= 0.6 is 0 Å². The van der Waals surface area contributed by atoms with Gasteiger partial charge in [0.15, 0.2) is 5.84 Å². The summed E-state index contributed by atoms with van der Waals surface area (Å²) in [6.07, 6.45) is 8.77. The first-order chi connectivity index (χ1) is 17.6. The lowest BCUT2D eigenvalue weighted by molar-refractivity contribution is 0.186. The molecule has 0 bridgehead atoms. The summed E-state index contributed by atoms with van der Waals surface area (Å²) in [6, 6.07) is 8.14. The third kappa shape index (κ3) is 3.29. The molecule has 2 N–H and O–H groups in total. The van der Waals surface area contributed by atoms with Crippen LogP contribution in [-0.2, 0) is 19.4 Å². The van der Waals surface area contributed by atoms with Crippen LogP contribution in [0.1, 0.15) is 53.6 Å². The molecule has 0 amide bonds. The van der Waals surface area contributed by atoms with Gasteiger partial charge in [-0.15, -0.1) is 0 Å². The Morgan fingerprint density at radius 1 is 1.03 bits per heavy atom. The van der Waals surface area contributed by atoms with Crippen LogP contribution in [0.4, 0.5) is 11.5 Å². The molecule has 1 fully saturated rings. The third-order valence-corrected chi connectivity index (χ3v) is 8.42. The normalized spacial score (nSPS) is 21.7. The number of piperidine rings is 1. The highest BCUT2D eigenvalue weighted by atomic mass is 16.5. The number of ether oxygens (including phenoxy) is 1. The van der Waals surface area contributed by atoms with E-state index >= 15 is 0 Å². The van der Waals surface area contributed by atoms with Crippen LogP contribution in [-0.4, -0.2) is 52.5 Å². The fraction of sp³-hybridized carbons (Fsp3) is 0.444. The number of fused-ring (bicyclic) bond motifs is 3. The van der Waals surface area contributed by atoms with E-state index in [-0.39, 0.29) is 11.5 Å². The second kappa shape index (κ2) is 8.23. The standard InChI is InChI=1S/C27H30N8O/c1-36-23-7-6-17-19(33-23)14-27(25(17)28)8-12-34(13-9-27)22-16-30-24-20(32-22)15-31-26(24)35-11-3-4-18-21(35)5-2-10-29-18/h2,5-7,10,16,25H,3-4,8-9,11-15,28H2,1H3/t25-/m1/s1. The van der Waals surface area contributed by atoms with Crippen LogP contribution in [0, 0.1) is 5.41 Å².